The lowest BCUT2D eigenvalue weighted by Crippen LogP contribution is -2.41. The van der Waals surface area contributed by atoms with Gasteiger partial charge in [0.1, 0.15) is 6.04 Å². The highest BCUT2D eigenvalue weighted by Crippen LogP contribution is 2.20. The predicted molar refractivity (Wildman–Crippen MR) is 126 cm³/mol. The summed E-state index contributed by atoms with van der Waals surface area (Å²) in [5, 5.41) is 2.87. The number of benzene rings is 2. The average molecular weight is 473 g/mol. The van der Waals surface area contributed by atoms with Gasteiger partial charge in [0.05, 0.1) is 15.8 Å². The molecular weight excluding hydrogens is 444 g/mol. The fraction of sp³-hybridized carbons (Fsp3) is 0.348. The number of carbonyl (C=O) groups is 1. The summed E-state index contributed by atoms with van der Waals surface area (Å²) in [7, 11) is -1.35. The highest BCUT2D eigenvalue weighted by molar-refractivity contribution is 7.89. The normalized spacial score (nSPS) is 12.8. The second-order valence-electron chi connectivity index (χ2n) is 8.32. The summed E-state index contributed by atoms with van der Waals surface area (Å²) >= 11 is 0. The van der Waals surface area contributed by atoms with Crippen molar-refractivity contribution in [2.45, 2.75) is 31.2 Å². The lowest BCUT2D eigenvalue weighted by Gasteiger charge is -2.19. The summed E-state index contributed by atoms with van der Waals surface area (Å²) in [5.74, 6) is -0.0853. The fourth-order valence-corrected chi connectivity index (χ4v) is 4.68. The Labute approximate surface area is 192 Å². The number of fused-ring (bicyclic) bond motifs is 1. The van der Waals surface area contributed by atoms with Gasteiger partial charge in [-0.25, -0.2) is 13.2 Å². The minimum Gasteiger partial charge on any atom is -0.354 e. The highest BCUT2D eigenvalue weighted by atomic mass is 32.2. The molecule has 10 heteroatoms. The lowest BCUT2D eigenvalue weighted by atomic mass is 10.1. The minimum atomic E-state index is -4.18. The monoisotopic (exact) mass is 472 g/mol. The van der Waals surface area contributed by atoms with Gasteiger partial charge < -0.3 is 5.32 Å². The van der Waals surface area contributed by atoms with Gasteiger partial charge in [-0.05, 0) is 36.1 Å². The summed E-state index contributed by atoms with van der Waals surface area (Å²) in [5.41, 5.74) is -0.310. The molecule has 0 aliphatic carbocycles. The van der Waals surface area contributed by atoms with Crippen LogP contribution >= 0.6 is 0 Å². The zero-order valence-electron chi connectivity index (χ0n) is 19.0. The summed E-state index contributed by atoms with van der Waals surface area (Å²) in [6.45, 7) is 4.48. The van der Waals surface area contributed by atoms with Crippen LogP contribution in [0.5, 0.6) is 0 Å². The molecule has 0 unspecified atom stereocenters. The van der Waals surface area contributed by atoms with E-state index in [1.54, 1.807) is 30.3 Å². The van der Waals surface area contributed by atoms with Crippen molar-refractivity contribution in [1.82, 2.24) is 19.2 Å². The quantitative estimate of drug-likeness (QED) is 0.514. The van der Waals surface area contributed by atoms with Gasteiger partial charge in [-0.1, -0.05) is 44.2 Å². The molecular formula is C23H28N4O5S. The summed E-state index contributed by atoms with van der Waals surface area (Å²) in [6.07, 6.45) is 0.757. The van der Waals surface area contributed by atoms with Crippen molar-refractivity contribution in [1.29, 1.82) is 0 Å². The van der Waals surface area contributed by atoms with Crippen LogP contribution in [0.3, 0.4) is 0 Å². The van der Waals surface area contributed by atoms with Crippen LogP contribution in [-0.4, -0.2) is 30.0 Å². The van der Waals surface area contributed by atoms with Gasteiger partial charge in [0, 0.05) is 20.6 Å². The lowest BCUT2D eigenvalue weighted by molar-refractivity contribution is -0.122. The van der Waals surface area contributed by atoms with E-state index >= 15 is 0 Å². The van der Waals surface area contributed by atoms with Crippen LogP contribution in [0, 0.1) is 5.92 Å². The summed E-state index contributed by atoms with van der Waals surface area (Å²) in [4.78, 5) is 37.4. The van der Waals surface area contributed by atoms with Crippen molar-refractivity contribution >= 4 is 26.8 Å². The molecule has 2 aromatic carbocycles. The van der Waals surface area contributed by atoms with Crippen molar-refractivity contribution in [3.63, 3.8) is 0 Å². The molecule has 0 fully saturated rings. The number of nitrogens with zero attached hydrogens (tertiary/aromatic N) is 2. The zero-order valence-corrected chi connectivity index (χ0v) is 19.8. The topological polar surface area (TPSA) is 119 Å². The van der Waals surface area contributed by atoms with Gasteiger partial charge in [0.2, 0.25) is 15.9 Å². The van der Waals surface area contributed by atoms with Gasteiger partial charge in [-0.15, -0.1) is 0 Å². The molecule has 9 nitrogen and oxygen atoms in total. The molecule has 3 rings (SSSR count). The van der Waals surface area contributed by atoms with Crippen LogP contribution in [0.15, 0.2) is 63.0 Å². The Balaban J connectivity index is 2.00. The Kier molecular flexibility index (Phi) is 7.19. The smallest absolute Gasteiger partial charge is 0.330 e. The fourth-order valence-electron chi connectivity index (χ4n) is 3.47. The molecule has 176 valence electrons. The maximum absolute atomic E-state index is 13.2. The highest BCUT2D eigenvalue weighted by Gasteiger charge is 2.27. The van der Waals surface area contributed by atoms with Crippen molar-refractivity contribution in [2.24, 2.45) is 20.0 Å². The van der Waals surface area contributed by atoms with E-state index in [-0.39, 0.29) is 10.3 Å². The van der Waals surface area contributed by atoms with E-state index in [9.17, 15) is 22.8 Å². The van der Waals surface area contributed by atoms with Crippen LogP contribution in [-0.2, 0) is 28.9 Å². The number of sulfonamides is 1. The first kappa shape index (κ1) is 24.4. The van der Waals surface area contributed by atoms with Gasteiger partial charge in [0.15, 0.2) is 0 Å². The van der Waals surface area contributed by atoms with Crippen molar-refractivity contribution in [3.05, 3.63) is 74.9 Å². The van der Waals surface area contributed by atoms with Gasteiger partial charge in [-0.2, -0.15) is 4.72 Å². The number of hydrogen-bond donors (Lipinski definition) is 2. The number of aromatic nitrogens is 2. The average Bonchev–Trinajstić information content (AvgIpc) is 2.79. The maximum Gasteiger partial charge on any atom is 0.330 e. The summed E-state index contributed by atoms with van der Waals surface area (Å²) < 4.78 is 31.1. The Morgan fingerprint density at radius 3 is 2.30 bits per heavy atom. The molecule has 0 aliphatic rings. The Hall–Kier alpha value is -3.24. The van der Waals surface area contributed by atoms with E-state index in [0.717, 1.165) is 11.0 Å². The Morgan fingerprint density at radius 1 is 1.00 bits per heavy atom. The molecule has 2 N–H and O–H groups in total. The maximum atomic E-state index is 13.2. The first-order chi connectivity index (χ1) is 15.5. The first-order valence-corrected chi connectivity index (χ1v) is 12.1. The van der Waals surface area contributed by atoms with Crippen LogP contribution in [0.25, 0.3) is 10.9 Å². The van der Waals surface area contributed by atoms with E-state index in [1.165, 1.54) is 36.9 Å². The van der Waals surface area contributed by atoms with Gasteiger partial charge in [0.25, 0.3) is 5.56 Å². The predicted octanol–water partition coefficient (Wildman–Crippen LogP) is 1.42. The standard InChI is InChI=1S/C23H28N4O5S/c1-15(2)12-13-24-21(28)20(16-8-6-5-7-9-16)25-33(31,32)17-10-11-19-18(14-17)22(29)27(4)23(30)26(19)3/h5-11,14-15,20,25H,12-13H2,1-4H3,(H,24,28)/t20-/m0/s1. The Morgan fingerprint density at radius 2 is 1.67 bits per heavy atom. The molecule has 0 saturated heterocycles. The number of hydrogen-bond acceptors (Lipinski definition) is 5. The van der Waals surface area contributed by atoms with Crippen LogP contribution in [0.4, 0.5) is 0 Å². The molecule has 1 atom stereocenters. The zero-order chi connectivity index (χ0) is 24.3. The van der Waals surface area contributed by atoms with E-state index in [4.69, 9.17) is 0 Å². The molecule has 3 aromatic rings. The van der Waals surface area contributed by atoms with Crippen molar-refractivity contribution in [2.75, 3.05) is 6.54 Å². The van der Waals surface area contributed by atoms with Crippen LogP contribution in [0.1, 0.15) is 31.9 Å². The summed E-state index contributed by atoms with van der Waals surface area (Å²) in [6, 6.07) is 11.3. The molecule has 1 heterocycles. The second-order valence-corrected chi connectivity index (χ2v) is 10.0. The van der Waals surface area contributed by atoms with Crippen molar-refractivity contribution in [3.8, 4) is 0 Å². The SMILES string of the molecule is CC(C)CCNC(=O)[C@@H](NS(=O)(=O)c1ccc2c(c1)c(=O)n(C)c(=O)n2C)c1ccccc1. The Bertz CT molecular complexity index is 1390. The minimum absolute atomic E-state index is 0.0834. The number of nitrogens with one attached hydrogen (secondary N) is 2. The third-order valence-corrected chi connectivity index (χ3v) is 6.86. The molecule has 0 saturated carbocycles. The molecule has 1 amide bonds. The van der Waals surface area contributed by atoms with E-state index < -0.39 is 33.2 Å². The largest absolute Gasteiger partial charge is 0.354 e. The molecule has 0 aliphatic heterocycles. The van der Waals surface area contributed by atoms with Crippen LogP contribution in [0.2, 0.25) is 0 Å². The number of carbonyl (C=O) groups excluding carboxylic acids is 1. The van der Waals surface area contributed by atoms with Crippen molar-refractivity contribution < 1.29 is 13.2 Å². The third kappa shape index (κ3) is 5.23. The number of aryl methyl sites for hydroxylation is 1. The molecule has 0 bridgehead atoms. The molecule has 0 spiro atoms. The van der Waals surface area contributed by atoms with Crippen LogP contribution < -0.4 is 21.3 Å². The molecule has 33 heavy (non-hydrogen) atoms. The number of rotatable bonds is 8. The first-order valence-electron chi connectivity index (χ1n) is 10.6. The van der Waals surface area contributed by atoms with Gasteiger partial charge >= 0.3 is 5.69 Å². The van der Waals surface area contributed by atoms with E-state index in [0.29, 0.717) is 23.5 Å². The third-order valence-electron chi connectivity index (χ3n) is 5.44. The van der Waals surface area contributed by atoms with Gasteiger partial charge in [-0.3, -0.25) is 18.7 Å². The van der Waals surface area contributed by atoms with E-state index in [1.807, 2.05) is 13.8 Å². The molecule has 1 aromatic heterocycles. The van der Waals surface area contributed by atoms with E-state index in [2.05, 4.69) is 10.0 Å². The number of amides is 1. The second kappa shape index (κ2) is 9.72. The molecule has 0 radical (unpaired) electrons.